The molecule has 0 radical (unpaired) electrons. The molecule has 0 saturated carbocycles. The van der Waals surface area contributed by atoms with Gasteiger partial charge < -0.3 is 92.1 Å². The molecule has 18 nitrogen and oxygen atoms in total. The SMILES string of the molecule is CCCCCCCCCCC(C)C(O)CNCCCCCNCCNC.CCCCCCCCCCC(C)C(O)CNCCN(C)CCNC.CCCCCCCCCCC(C)C(O)CNCCOCCOCCNC.CCCCCCCCCCCCC(C)C(O)CNCCOCCOCCNC. The zero-order chi connectivity index (χ0) is 77.4. The fraction of sp³-hybridized carbons (Fsp3) is 1.00. The second-order valence-corrected chi connectivity index (χ2v) is 30.7. The topological polar surface area (TPSA) is 229 Å². The highest BCUT2D eigenvalue weighted by molar-refractivity contribution is 4.72. The van der Waals surface area contributed by atoms with Gasteiger partial charge in [-0.15, -0.1) is 0 Å². The van der Waals surface area contributed by atoms with E-state index in [0.29, 0.717) is 76.4 Å². The molecule has 104 heavy (non-hydrogen) atoms. The molecule has 0 aromatic rings. The van der Waals surface area contributed by atoms with E-state index >= 15 is 0 Å². The fourth-order valence-electron chi connectivity index (χ4n) is 12.3. The average Bonchev–Trinajstić information content (AvgIpc) is 1.18. The Morgan fingerprint density at radius 3 is 0.760 bits per heavy atom. The van der Waals surface area contributed by atoms with Crippen molar-refractivity contribution in [2.24, 2.45) is 23.7 Å². The smallest absolute Gasteiger partial charge is 0.0701 e. The van der Waals surface area contributed by atoms with Crippen LogP contribution in [0.4, 0.5) is 0 Å². The van der Waals surface area contributed by atoms with Crippen LogP contribution in [0.5, 0.6) is 0 Å². The van der Waals surface area contributed by atoms with Gasteiger partial charge in [0.05, 0.1) is 77.3 Å². The van der Waals surface area contributed by atoms with Gasteiger partial charge in [0.2, 0.25) is 0 Å². The quantitative estimate of drug-likeness (QED) is 0.0254. The number of nitrogens with zero attached hydrogens (tertiary/aromatic N) is 1. The molecule has 0 aliphatic heterocycles. The largest absolute Gasteiger partial charge is 0.392 e. The molecule has 18 heteroatoms. The first-order valence-electron chi connectivity index (χ1n) is 44.6. The molecule has 0 aliphatic carbocycles. The fourth-order valence-corrected chi connectivity index (χ4v) is 12.3. The van der Waals surface area contributed by atoms with E-state index in [1.807, 2.05) is 28.2 Å². The number of aliphatic hydroxyl groups excluding tert-OH is 4. The van der Waals surface area contributed by atoms with E-state index in [0.717, 1.165) is 131 Å². The van der Waals surface area contributed by atoms with Gasteiger partial charge >= 0.3 is 0 Å². The van der Waals surface area contributed by atoms with E-state index in [9.17, 15) is 20.4 Å². The van der Waals surface area contributed by atoms with Gasteiger partial charge in [0.25, 0.3) is 0 Å². The summed E-state index contributed by atoms with van der Waals surface area (Å²) in [7, 11) is 9.93. The summed E-state index contributed by atoms with van der Waals surface area (Å²) in [5, 5.41) is 70.2. The minimum Gasteiger partial charge on any atom is -0.392 e. The van der Waals surface area contributed by atoms with Crippen LogP contribution in [-0.2, 0) is 18.9 Å². The van der Waals surface area contributed by atoms with Crippen LogP contribution >= 0.6 is 0 Å². The van der Waals surface area contributed by atoms with Gasteiger partial charge in [0.15, 0.2) is 0 Å². The molecule has 0 aromatic carbocycles. The maximum Gasteiger partial charge on any atom is 0.0701 e. The normalized spacial score (nSPS) is 13.9. The Balaban J connectivity index is -0.000000642. The van der Waals surface area contributed by atoms with E-state index < -0.39 is 0 Å². The molecule has 0 aliphatic rings. The summed E-state index contributed by atoms with van der Waals surface area (Å²) in [6, 6.07) is 0. The third-order valence-electron chi connectivity index (χ3n) is 20.3. The predicted octanol–water partition coefficient (Wildman–Crippen LogP) is 14.8. The molecule has 13 N–H and O–H groups in total. The van der Waals surface area contributed by atoms with Crippen molar-refractivity contribution in [3.63, 3.8) is 0 Å². The van der Waals surface area contributed by atoms with Gasteiger partial charge in [0.1, 0.15) is 0 Å². The lowest BCUT2D eigenvalue weighted by Crippen LogP contribution is -2.37. The standard InChI is InChI=1S/C23H50N2O3.C22H49N3O.C21H46N2O3.C20H45N3O/c1-4-5-6-7-8-9-10-11-12-13-14-22(2)23(26)21-25-16-18-28-20-19-27-17-15-24-3;1-4-5-6-7-8-9-10-12-15-21(2)22(26)20-25-17-14-11-13-16-24-19-18-23-3;1-4-5-6-7-8-9-10-11-12-20(2)21(24)19-23-14-16-26-18-17-25-15-13-22-3;1-5-6-7-8-9-10-11-12-13-19(2)20(24)18-22-15-17-23(4)16-14-21-3/h22-26H,4-21H2,1-3H3;21-26H,4-20H2,1-3H3;20-24H,4-19H2,1-3H3;19-22,24H,5-18H2,1-4H3. The van der Waals surface area contributed by atoms with Crippen LogP contribution in [0.25, 0.3) is 0 Å². The molecular formula is C86H190N10O8. The van der Waals surface area contributed by atoms with Gasteiger partial charge in [0, 0.05) is 91.6 Å². The monoisotopic (exact) mass is 1490 g/mol. The number of ether oxygens (including phenoxy) is 4. The summed E-state index contributed by atoms with van der Waals surface area (Å²) in [5.74, 6) is 1.55. The molecule has 8 atom stereocenters. The van der Waals surface area contributed by atoms with Crippen molar-refractivity contribution in [3.05, 3.63) is 0 Å². The van der Waals surface area contributed by atoms with Crippen LogP contribution in [0.2, 0.25) is 0 Å². The Hall–Kier alpha value is -0.720. The number of nitrogens with one attached hydrogen (secondary N) is 9. The number of aliphatic hydroxyl groups is 4. The Labute approximate surface area is 648 Å². The Bertz CT molecular complexity index is 1420. The number of hydrogen-bond donors (Lipinski definition) is 13. The zero-order valence-electron chi connectivity index (χ0n) is 71.9. The molecule has 0 aromatic heterocycles. The lowest BCUT2D eigenvalue weighted by Gasteiger charge is -2.21. The first-order chi connectivity index (χ1) is 50.8. The summed E-state index contributed by atoms with van der Waals surface area (Å²) < 4.78 is 21.8. The molecule has 8 unspecified atom stereocenters. The summed E-state index contributed by atoms with van der Waals surface area (Å²) in [6.45, 7) is 37.4. The first kappa shape index (κ1) is 110. The van der Waals surface area contributed by atoms with Gasteiger partial charge in [-0.1, -0.05) is 280 Å². The molecular weight excluding hydrogens is 1300 g/mol. The minimum atomic E-state index is -0.261. The molecule has 0 bridgehead atoms. The second-order valence-electron chi connectivity index (χ2n) is 30.7. The van der Waals surface area contributed by atoms with E-state index in [4.69, 9.17) is 18.9 Å². The third-order valence-corrected chi connectivity index (χ3v) is 20.3. The third kappa shape index (κ3) is 93.7. The van der Waals surface area contributed by atoms with Crippen molar-refractivity contribution in [2.75, 3.05) is 193 Å². The van der Waals surface area contributed by atoms with Crippen molar-refractivity contribution in [1.29, 1.82) is 0 Å². The van der Waals surface area contributed by atoms with Crippen molar-refractivity contribution >= 4 is 0 Å². The highest BCUT2D eigenvalue weighted by Crippen LogP contribution is 2.20. The van der Waals surface area contributed by atoms with Crippen LogP contribution in [-0.4, -0.2) is 243 Å². The van der Waals surface area contributed by atoms with Crippen molar-refractivity contribution in [2.45, 2.75) is 343 Å². The molecule has 632 valence electrons. The summed E-state index contributed by atoms with van der Waals surface area (Å²) in [6.07, 6.45) is 53.5. The van der Waals surface area contributed by atoms with Crippen LogP contribution < -0.4 is 47.9 Å². The molecule has 0 fully saturated rings. The number of hydrogen-bond acceptors (Lipinski definition) is 18. The summed E-state index contributed by atoms with van der Waals surface area (Å²) in [4.78, 5) is 2.31. The lowest BCUT2D eigenvalue weighted by molar-refractivity contribution is 0.0482. The van der Waals surface area contributed by atoms with Gasteiger partial charge in [-0.2, -0.15) is 0 Å². The zero-order valence-corrected chi connectivity index (χ0v) is 71.9. The molecule has 0 amide bonds. The molecule has 0 heterocycles. The van der Waals surface area contributed by atoms with Gasteiger partial charge in [-0.05, 0) is 111 Å². The van der Waals surface area contributed by atoms with Gasteiger partial charge in [-0.3, -0.25) is 0 Å². The Morgan fingerprint density at radius 1 is 0.240 bits per heavy atom. The maximum absolute atomic E-state index is 10.3. The number of likely N-dealkylation sites (N-methyl/N-ethyl adjacent to an activating group) is 5. The van der Waals surface area contributed by atoms with E-state index in [2.05, 4.69) is 115 Å². The maximum atomic E-state index is 10.3. The van der Waals surface area contributed by atoms with Crippen molar-refractivity contribution in [1.82, 2.24) is 52.8 Å². The van der Waals surface area contributed by atoms with E-state index in [1.54, 1.807) is 0 Å². The van der Waals surface area contributed by atoms with Crippen LogP contribution in [0, 0.1) is 23.7 Å². The highest BCUT2D eigenvalue weighted by atomic mass is 16.5. The predicted molar refractivity (Wildman–Crippen MR) is 454 cm³/mol. The van der Waals surface area contributed by atoms with E-state index in [-0.39, 0.29) is 24.4 Å². The van der Waals surface area contributed by atoms with Crippen molar-refractivity contribution < 1.29 is 39.4 Å². The molecule has 0 rings (SSSR count). The average molecular weight is 1490 g/mol. The Kier molecular flexibility index (Phi) is 102. The minimum absolute atomic E-state index is 0.192. The van der Waals surface area contributed by atoms with Crippen LogP contribution in [0.15, 0.2) is 0 Å². The van der Waals surface area contributed by atoms with Crippen molar-refractivity contribution in [3.8, 4) is 0 Å². The van der Waals surface area contributed by atoms with Crippen LogP contribution in [0.3, 0.4) is 0 Å². The first-order valence-corrected chi connectivity index (χ1v) is 44.6. The summed E-state index contributed by atoms with van der Waals surface area (Å²) in [5.41, 5.74) is 0. The molecule has 0 saturated heterocycles. The lowest BCUT2D eigenvalue weighted by atomic mass is 9.96. The number of rotatable bonds is 83. The van der Waals surface area contributed by atoms with Crippen LogP contribution in [0.1, 0.15) is 319 Å². The van der Waals surface area contributed by atoms with Gasteiger partial charge in [-0.25, -0.2) is 0 Å². The number of unbranched alkanes of at least 4 members (excludes halogenated alkanes) is 32. The van der Waals surface area contributed by atoms with E-state index in [1.165, 1.54) is 238 Å². The molecule has 0 spiro atoms. The second kappa shape index (κ2) is 96.5. The highest BCUT2D eigenvalue weighted by Gasteiger charge is 2.17. The summed E-state index contributed by atoms with van der Waals surface area (Å²) >= 11 is 0. The Morgan fingerprint density at radius 2 is 0.471 bits per heavy atom.